The van der Waals surface area contributed by atoms with E-state index >= 15 is 0 Å². The van der Waals surface area contributed by atoms with Crippen LogP contribution in [0.5, 0.6) is 0 Å². The van der Waals surface area contributed by atoms with E-state index in [0.29, 0.717) is 23.8 Å². The zero-order valence-electron chi connectivity index (χ0n) is 15.2. The SMILES string of the molecule is CC(C)(CNC(=O)c1ccn(C2CCCNC2)n1)c1ccccc1F.Cl. The van der Waals surface area contributed by atoms with E-state index in [1.165, 1.54) is 6.07 Å². The first-order valence-electron chi connectivity index (χ1n) is 8.76. The molecule has 2 aromatic rings. The number of rotatable bonds is 5. The Balaban J connectivity index is 0.00000243. The lowest BCUT2D eigenvalue weighted by Crippen LogP contribution is -2.37. The van der Waals surface area contributed by atoms with Gasteiger partial charge in [0.05, 0.1) is 6.04 Å². The van der Waals surface area contributed by atoms with Crippen LogP contribution in [0, 0.1) is 5.82 Å². The van der Waals surface area contributed by atoms with E-state index in [2.05, 4.69) is 15.7 Å². The van der Waals surface area contributed by atoms with Gasteiger partial charge in [-0.2, -0.15) is 5.10 Å². The topological polar surface area (TPSA) is 59.0 Å². The van der Waals surface area contributed by atoms with Gasteiger partial charge in [0, 0.05) is 24.7 Å². The van der Waals surface area contributed by atoms with E-state index in [0.717, 1.165) is 25.9 Å². The van der Waals surface area contributed by atoms with Crippen molar-refractivity contribution in [1.29, 1.82) is 0 Å². The molecule has 7 heteroatoms. The highest BCUT2D eigenvalue weighted by atomic mass is 35.5. The highest BCUT2D eigenvalue weighted by Crippen LogP contribution is 2.25. The van der Waals surface area contributed by atoms with E-state index < -0.39 is 5.41 Å². The van der Waals surface area contributed by atoms with Gasteiger partial charge < -0.3 is 10.6 Å². The van der Waals surface area contributed by atoms with Gasteiger partial charge in [0.1, 0.15) is 11.5 Å². The van der Waals surface area contributed by atoms with Gasteiger partial charge in [0.15, 0.2) is 0 Å². The van der Waals surface area contributed by atoms with Gasteiger partial charge in [-0.05, 0) is 37.1 Å². The molecule has 1 aromatic heterocycles. The van der Waals surface area contributed by atoms with Gasteiger partial charge in [0.25, 0.3) is 5.91 Å². The molecule has 26 heavy (non-hydrogen) atoms. The lowest BCUT2D eigenvalue weighted by atomic mass is 9.84. The third kappa shape index (κ3) is 4.62. The van der Waals surface area contributed by atoms with Gasteiger partial charge in [-0.3, -0.25) is 9.48 Å². The number of benzene rings is 1. The Morgan fingerprint density at radius 2 is 2.15 bits per heavy atom. The fourth-order valence-corrected chi connectivity index (χ4v) is 3.22. The molecule has 1 unspecified atom stereocenters. The fourth-order valence-electron chi connectivity index (χ4n) is 3.22. The molecule has 1 aromatic carbocycles. The minimum absolute atomic E-state index is 0. The van der Waals surface area contributed by atoms with E-state index in [-0.39, 0.29) is 24.1 Å². The second-order valence-corrected chi connectivity index (χ2v) is 7.23. The lowest BCUT2D eigenvalue weighted by Gasteiger charge is -2.26. The van der Waals surface area contributed by atoms with Gasteiger partial charge >= 0.3 is 0 Å². The molecule has 1 fully saturated rings. The number of piperidine rings is 1. The van der Waals surface area contributed by atoms with Crippen LogP contribution in [0.25, 0.3) is 0 Å². The molecule has 2 heterocycles. The van der Waals surface area contributed by atoms with Crippen molar-refractivity contribution < 1.29 is 9.18 Å². The van der Waals surface area contributed by atoms with Crippen molar-refractivity contribution in [2.45, 2.75) is 38.1 Å². The summed E-state index contributed by atoms with van der Waals surface area (Å²) in [5, 5.41) is 10.6. The van der Waals surface area contributed by atoms with Gasteiger partial charge in [0.2, 0.25) is 0 Å². The van der Waals surface area contributed by atoms with Crippen LogP contribution in [-0.2, 0) is 5.41 Å². The zero-order chi connectivity index (χ0) is 17.9. The molecular weight excluding hydrogens is 355 g/mol. The maximum Gasteiger partial charge on any atom is 0.271 e. The minimum atomic E-state index is -0.503. The van der Waals surface area contributed by atoms with Crippen LogP contribution in [0.15, 0.2) is 36.5 Å². The second-order valence-electron chi connectivity index (χ2n) is 7.23. The largest absolute Gasteiger partial charge is 0.350 e. The number of carbonyl (C=O) groups excluding carboxylic acids is 1. The smallest absolute Gasteiger partial charge is 0.271 e. The van der Waals surface area contributed by atoms with Crippen molar-refractivity contribution in [2.75, 3.05) is 19.6 Å². The van der Waals surface area contributed by atoms with Gasteiger partial charge in [-0.25, -0.2) is 4.39 Å². The first kappa shape index (κ1) is 20.4. The van der Waals surface area contributed by atoms with E-state index in [4.69, 9.17) is 0 Å². The van der Waals surface area contributed by atoms with Crippen molar-refractivity contribution >= 4 is 18.3 Å². The van der Waals surface area contributed by atoms with Crippen molar-refractivity contribution in [2.24, 2.45) is 0 Å². The molecule has 2 N–H and O–H groups in total. The maximum atomic E-state index is 14.0. The summed E-state index contributed by atoms with van der Waals surface area (Å²) in [4.78, 5) is 12.4. The van der Waals surface area contributed by atoms with Crippen LogP contribution in [0.1, 0.15) is 48.8 Å². The Labute approximate surface area is 159 Å². The summed E-state index contributed by atoms with van der Waals surface area (Å²) in [7, 11) is 0. The maximum absolute atomic E-state index is 14.0. The van der Waals surface area contributed by atoms with Crippen LogP contribution < -0.4 is 10.6 Å². The third-order valence-electron chi connectivity index (χ3n) is 4.78. The summed E-state index contributed by atoms with van der Waals surface area (Å²) >= 11 is 0. The zero-order valence-corrected chi connectivity index (χ0v) is 16.0. The summed E-state index contributed by atoms with van der Waals surface area (Å²) < 4.78 is 15.9. The summed E-state index contributed by atoms with van der Waals surface area (Å²) in [6, 6.07) is 8.71. The average Bonchev–Trinajstić information content (AvgIpc) is 3.11. The summed E-state index contributed by atoms with van der Waals surface area (Å²) in [5.74, 6) is -0.484. The number of hydrogen-bond acceptors (Lipinski definition) is 3. The Morgan fingerprint density at radius 3 is 2.85 bits per heavy atom. The van der Waals surface area contributed by atoms with Crippen LogP contribution >= 0.6 is 12.4 Å². The van der Waals surface area contributed by atoms with E-state index in [9.17, 15) is 9.18 Å². The monoisotopic (exact) mass is 380 g/mol. The highest BCUT2D eigenvalue weighted by Gasteiger charge is 2.25. The van der Waals surface area contributed by atoms with Crippen LogP contribution in [0.2, 0.25) is 0 Å². The number of aromatic nitrogens is 2. The molecule has 1 saturated heterocycles. The number of amides is 1. The Kier molecular flexibility index (Phi) is 6.78. The third-order valence-corrected chi connectivity index (χ3v) is 4.78. The standard InChI is InChI=1S/C19H25FN4O.ClH/c1-19(2,15-7-3-4-8-16(15)20)13-22-18(25)17-9-11-24(23-17)14-6-5-10-21-12-14;/h3-4,7-9,11,14,21H,5-6,10,12-13H2,1-2H3,(H,22,25);1H. The minimum Gasteiger partial charge on any atom is -0.350 e. The van der Waals surface area contributed by atoms with Gasteiger partial charge in [-0.1, -0.05) is 32.0 Å². The normalized spacial score (nSPS) is 17.4. The number of halogens is 2. The summed E-state index contributed by atoms with van der Waals surface area (Å²) in [5.41, 5.74) is 0.487. The number of hydrogen-bond donors (Lipinski definition) is 2. The Morgan fingerprint density at radius 1 is 1.38 bits per heavy atom. The highest BCUT2D eigenvalue weighted by molar-refractivity contribution is 5.92. The molecule has 0 spiro atoms. The molecule has 0 bridgehead atoms. The van der Waals surface area contributed by atoms with E-state index in [1.54, 1.807) is 18.2 Å². The molecule has 1 aliphatic rings. The lowest BCUT2D eigenvalue weighted by molar-refractivity contribution is 0.0939. The number of carbonyl (C=O) groups is 1. The van der Waals surface area contributed by atoms with Crippen molar-refractivity contribution in [3.8, 4) is 0 Å². The number of nitrogens with one attached hydrogen (secondary N) is 2. The quantitative estimate of drug-likeness (QED) is 0.838. The molecule has 5 nitrogen and oxygen atoms in total. The molecule has 142 valence electrons. The van der Waals surface area contributed by atoms with Crippen LogP contribution in [0.4, 0.5) is 4.39 Å². The van der Waals surface area contributed by atoms with Crippen LogP contribution in [-0.4, -0.2) is 35.3 Å². The molecule has 1 aliphatic heterocycles. The predicted octanol–water partition coefficient (Wildman–Crippen LogP) is 3.08. The second kappa shape index (κ2) is 8.64. The van der Waals surface area contributed by atoms with Crippen molar-refractivity contribution in [3.63, 3.8) is 0 Å². The number of nitrogens with zero attached hydrogens (tertiary/aromatic N) is 2. The molecule has 0 aliphatic carbocycles. The molecule has 1 amide bonds. The molecule has 0 saturated carbocycles. The molecule has 3 rings (SSSR count). The van der Waals surface area contributed by atoms with Crippen molar-refractivity contribution in [3.05, 3.63) is 53.6 Å². The van der Waals surface area contributed by atoms with Gasteiger partial charge in [-0.15, -0.1) is 12.4 Å². The molecular formula is C19H26ClFN4O. The predicted molar refractivity (Wildman–Crippen MR) is 102 cm³/mol. The average molecular weight is 381 g/mol. The Bertz CT molecular complexity index is 741. The first-order chi connectivity index (χ1) is 12.0. The van der Waals surface area contributed by atoms with Crippen molar-refractivity contribution in [1.82, 2.24) is 20.4 Å². The summed E-state index contributed by atoms with van der Waals surface area (Å²) in [6.07, 6.45) is 4.04. The van der Waals surface area contributed by atoms with E-state index in [1.807, 2.05) is 30.8 Å². The molecule has 0 radical (unpaired) electrons. The van der Waals surface area contributed by atoms with Crippen LogP contribution in [0.3, 0.4) is 0 Å². The fraction of sp³-hybridized carbons (Fsp3) is 0.474. The molecule has 1 atom stereocenters. The summed E-state index contributed by atoms with van der Waals surface area (Å²) in [6.45, 7) is 6.08. The first-order valence-corrected chi connectivity index (χ1v) is 8.76. The Hall–Kier alpha value is -1.92.